The molecule has 1 aliphatic rings. The van der Waals surface area contributed by atoms with E-state index in [-0.39, 0.29) is 30.0 Å². The van der Waals surface area contributed by atoms with Gasteiger partial charge in [0, 0.05) is 20.1 Å². The Morgan fingerprint density at radius 1 is 1.29 bits per heavy atom. The summed E-state index contributed by atoms with van der Waals surface area (Å²) in [5.74, 6) is -2.44. The molecule has 0 aromatic carbocycles. The molecule has 1 saturated heterocycles. The standard InChI is InChI=1S/C19H27N3O6/c1-12(2)16(20-17(24)14-5-4-10-28-14)18(25)21(3)11-15(23)22-8-6-13(7-9-22)19(26)27/h4-5,10,12-13,16H,6-9,11H2,1-3H3,(H,20,24)(H,26,27). The van der Waals surface area contributed by atoms with E-state index < -0.39 is 23.8 Å². The van der Waals surface area contributed by atoms with Crippen LogP contribution in [0.15, 0.2) is 22.8 Å². The predicted octanol–water partition coefficient (Wildman–Crippen LogP) is 0.816. The summed E-state index contributed by atoms with van der Waals surface area (Å²) >= 11 is 0. The molecule has 1 atom stereocenters. The molecule has 0 spiro atoms. The van der Waals surface area contributed by atoms with E-state index in [2.05, 4.69) is 5.32 Å². The van der Waals surface area contributed by atoms with Crippen LogP contribution in [0.1, 0.15) is 37.2 Å². The van der Waals surface area contributed by atoms with Crippen molar-refractivity contribution in [3.8, 4) is 0 Å². The number of hydrogen-bond acceptors (Lipinski definition) is 5. The van der Waals surface area contributed by atoms with E-state index in [9.17, 15) is 19.2 Å². The Morgan fingerprint density at radius 3 is 2.43 bits per heavy atom. The molecule has 1 aliphatic heterocycles. The van der Waals surface area contributed by atoms with Crippen LogP contribution in [0.4, 0.5) is 0 Å². The summed E-state index contributed by atoms with van der Waals surface area (Å²) in [7, 11) is 1.51. The molecule has 1 unspecified atom stereocenters. The fourth-order valence-electron chi connectivity index (χ4n) is 3.13. The number of nitrogens with zero attached hydrogens (tertiary/aromatic N) is 2. The highest BCUT2D eigenvalue weighted by Gasteiger charge is 2.31. The summed E-state index contributed by atoms with van der Waals surface area (Å²) in [4.78, 5) is 51.3. The minimum Gasteiger partial charge on any atom is -0.481 e. The molecule has 9 nitrogen and oxygen atoms in total. The van der Waals surface area contributed by atoms with Crippen molar-refractivity contribution in [3.05, 3.63) is 24.2 Å². The highest BCUT2D eigenvalue weighted by molar-refractivity contribution is 5.96. The molecule has 1 aromatic heterocycles. The van der Waals surface area contributed by atoms with E-state index in [4.69, 9.17) is 9.52 Å². The number of hydrogen-bond donors (Lipinski definition) is 2. The Balaban J connectivity index is 1.92. The third-order valence-corrected chi connectivity index (χ3v) is 4.91. The fourth-order valence-corrected chi connectivity index (χ4v) is 3.13. The van der Waals surface area contributed by atoms with Gasteiger partial charge in [-0.25, -0.2) is 0 Å². The van der Waals surface area contributed by atoms with Crippen molar-refractivity contribution in [2.45, 2.75) is 32.7 Å². The third-order valence-electron chi connectivity index (χ3n) is 4.91. The highest BCUT2D eigenvalue weighted by Crippen LogP contribution is 2.17. The molecular weight excluding hydrogens is 366 g/mol. The topological polar surface area (TPSA) is 120 Å². The van der Waals surface area contributed by atoms with Crippen LogP contribution in [0.2, 0.25) is 0 Å². The Kier molecular flexibility index (Phi) is 7.19. The summed E-state index contributed by atoms with van der Waals surface area (Å²) < 4.78 is 5.05. The number of likely N-dealkylation sites (tertiary alicyclic amines) is 1. The second kappa shape index (κ2) is 9.38. The number of amides is 3. The van der Waals surface area contributed by atoms with Crippen LogP contribution in [0.3, 0.4) is 0 Å². The van der Waals surface area contributed by atoms with Gasteiger partial charge in [0.1, 0.15) is 6.04 Å². The molecule has 1 fully saturated rings. The number of carboxylic acid groups (broad SMARTS) is 1. The summed E-state index contributed by atoms with van der Waals surface area (Å²) in [5.41, 5.74) is 0. The molecule has 2 rings (SSSR count). The molecule has 3 amide bonds. The molecule has 2 heterocycles. The lowest BCUT2D eigenvalue weighted by Crippen LogP contribution is -2.53. The van der Waals surface area contributed by atoms with Crippen molar-refractivity contribution in [2.75, 3.05) is 26.7 Å². The Bertz CT molecular complexity index is 707. The lowest BCUT2D eigenvalue weighted by molar-refractivity contribution is -0.146. The maximum atomic E-state index is 12.8. The van der Waals surface area contributed by atoms with Crippen molar-refractivity contribution in [1.82, 2.24) is 15.1 Å². The largest absolute Gasteiger partial charge is 0.481 e. The molecule has 2 N–H and O–H groups in total. The molecule has 28 heavy (non-hydrogen) atoms. The average molecular weight is 393 g/mol. The second-order valence-corrected chi connectivity index (χ2v) is 7.36. The molecular formula is C19H27N3O6. The number of rotatable bonds is 7. The van der Waals surface area contributed by atoms with Crippen LogP contribution in [0, 0.1) is 11.8 Å². The summed E-state index contributed by atoms with van der Waals surface area (Å²) in [6, 6.07) is 2.29. The lowest BCUT2D eigenvalue weighted by Gasteiger charge is -2.32. The summed E-state index contributed by atoms with van der Waals surface area (Å²) in [5, 5.41) is 11.7. The molecule has 0 radical (unpaired) electrons. The van der Waals surface area contributed by atoms with Crippen LogP contribution in [0.5, 0.6) is 0 Å². The zero-order valence-corrected chi connectivity index (χ0v) is 16.4. The number of likely N-dealkylation sites (N-methyl/N-ethyl adjacent to an activating group) is 1. The van der Waals surface area contributed by atoms with Crippen molar-refractivity contribution < 1.29 is 28.7 Å². The molecule has 0 saturated carbocycles. The maximum Gasteiger partial charge on any atom is 0.306 e. The van der Waals surface area contributed by atoms with Gasteiger partial charge in [0.2, 0.25) is 11.8 Å². The number of aliphatic carboxylic acids is 1. The van der Waals surface area contributed by atoms with Gasteiger partial charge in [0.05, 0.1) is 18.7 Å². The molecule has 1 aromatic rings. The molecule has 0 aliphatic carbocycles. The first kappa shape index (κ1) is 21.5. The van der Waals surface area contributed by atoms with Gasteiger partial charge in [-0.3, -0.25) is 19.2 Å². The van der Waals surface area contributed by atoms with Gasteiger partial charge in [0.15, 0.2) is 5.76 Å². The van der Waals surface area contributed by atoms with Crippen LogP contribution >= 0.6 is 0 Å². The van der Waals surface area contributed by atoms with Gasteiger partial charge in [-0.05, 0) is 30.9 Å². The van der Waals surface area contributed by atoms with Gasteiger partial charge in [-0.1, -0.05) is 13.8 Å². The van der Waals surface area contributed by atoms with Crippen molar-refractivity contribution in [3.63, 3.8) is 0 Å². The highest BCUT2D eigenvalue weighted by atomic mass is 16.4. The minimum atomic E-state index is -0.841. The fraction of sp³-hybridized carbons (Fsp3) is 0.579. The van der Waals surface area contributed by atoms with E-state index in [0.29, 0.717) is 25.9 Å². The van der Waals surface area contributed by atoms with Crippen molar-refractivity contribution in [2.24, 2.45) is 11.8 Å². The number of nitrogens with one attached hydrogen (secondary N) is 1. The number of furan rings is 1. The molecule has 154 valence electrons. The van der Waals surface area contributed by atoms with Crippen LogP contribution < -0.4 is 5.32 Å². The lowest BCUT2D eigenvalue weighted by atomic mass is 9.97. The molecule has 9 heteroatoms. The number of carbonyl (C=O) groups is 4. The smallest absolute Gasteiger partial charge is 0.306 e. The van der Waals surface area contributed by atoms with E-state index in [1.54, 1.807) is 24.8 Å². The van der Waals surface area contributed by atoms with Crippen molar-refractivity contribution >= 4 is 23.7 Å². The quantitative estimate of drug-likeness (QED) is 0.707. The van der Waals surface area contributed by atoms with E-state index in [1.165, 1.54) is 24.3 Å². The van der Waals surface area contributed by atoms with Crippen LogP contribution in [-0.2, 0) is 14.4 Å². The maximum absolute atomic E-state index is 12.8. The van der Waals surface area contributed by atoms with E-state index in [0.717, 1.165) is 0 Å². The summed E-state index contributed by atoms with van der Waals surface area (Å²) in [6.45, 7) is 4.20. The monoisotopic (exact) mass is 393 g/mol. The van der Waals surface area contributed by atoms with Gasteiger partial charge < -0.3 is 24.6 Å². The zero-order chi connectivity index (χ0) is 20.8. The normalized spacial score (nSPS) is 15.9. The Hall–Kier alpha value is -2.84. The first-order valence-corrected chi connectivity index (χ1v) is 9.30. The van der Waals surface area contributed by atoms with Crippen LogP contribution in [-0.4, -0.2) is 71.3 Å². The van der Waals surface area contributed by atoms with Crippen LogP contribution in [0.25, 0.3) is 0 Å². The van der Waals surface area contributed by atoms with E-state index in [1.807, 2.05) is 0 Å². The van der Waals surface area contributed by atoms with Gasteiger partial charge >= 0.3 is 5.97 Å². The summed E-state index contributed by atoms with van der Waals surface area (Å²) in [6.07, 6.45) is 2.19. The zero-order valence-electron chi connectivity index (χ0n) is 16.4. The van der Waals surface area contributed by atoms with E-state index >= 15 is 0 Å². The Morgan fingerprint density at radius 2 is 1.93 bits per heavy atom. The number of carbonyl (C=O) groups excluding carboxylic acids is 3. The first-order chi connectivity index (χ1) is 13.2. The Labute approximate surface area is 163 Å². The minimum absolute atomic E-state index is 0.110. The SMILES string of the molecule is CC(C)C(NC(=O)c1ccco1)C(=O)N(C)CC(=O)N1CCC(C(=O)O)CC1. The van der Waals surface area contributed by atoms with Gasteiger partial charge in [-0.15, -0.1) is 0 Å². The third kappa shape index (κ3) is 5.34. The second-order valence-electron chi connectivity index (χ2n) is 7.36. The van der Waals surface area contributed by atoms with Gasteiger partial charge in [0.25, 0.3) is 5.91 Å². The van der Waals surface area contributed by atoms with Crippen molar-refractivity contribution in [1.29, 1.82) is 0 Å². The van der Waals surface area contributed by atoms with Gasteiger partial charge in [-0.2, -0.15) is 0 Å². The average Bonchev–Trinajstić information content (AvgIpc) is 3.20. The molecule has 0 bridgehead atoms. The number of piperidine rings is 1. The first-order valence-electron chi connectivity index (χ1n) is 9.30. The predicted molar refractivity (Wildman–Crippen MR) is 99.4 cm³/mol. The number of carboxylic acids is 1.